The molecule has 0 aliphatic heterocycles. The lowest BCUT2D eigenvalue weighted by Gasteiger charge is -2.30. The van der Waals surface area contributed by atoms with Gasteiger partial charge in [-0.25, -0.2) is 15.0 Å². The molecule has 6 N–H and O–H groups in total. The second-order valence-corrected chi connectivity index (χ2v) is 9.39. The van der Waals surface area contributed by atoms with Crippen LogP contribution in [0.3, 0.4) is 0 Å². The maximum Gasteiger partial charge on any atom is 0.289 e. The monoisotopic (exact) mass is 489 g/mol. The third-order valence-corrected chi connectivity index (χ3v) is 6.45. The Morgan fingerprint density at radius 2 is 1.92 bits per heavy atom. The number of methoxy groups -OCH3 is 1. The molecule has 2 unspecified atom stereocenters. The second-order valence-electron chi connectivity index (χ2n) is 9.39. The van der Waals surface area contributed by atoms with Crippen molar-refractivity contribution in [2.45, 2.75) is 57.2 Å². The molecular formula is C27H35N7O2. The number of rotatable bonds is 9. The first kappa shape index (κ1) is 25.4. The summed E-state index contributed by atoms with van der Waals surface area (Å²) in [6.07, 6.45) is 4.58. The number of fused-ring (bicyclic) bond motifs is 1. The van der Waals surface area contributed by atoms with Gasteiger partial charge in [0.05, 0.1) is 30.2 Å². The average molecular weight is 490 g/mol. The Balaban J connectivity index is 1.62. The summed E-state index contributed by atoms with van der Waals surface area (Å²) < 4.78 is 5.36. The molecule has 3 aromatic rings. The Morgan fingerprint density at radius 3 is 2.67 bits per heavy atom. The molecule has 0 saturated heterocycles. The zero-order valence-corrected chi connectivity index (χ0v) is 20.9. The van der Waals surface area contributed by atoms with Crippen LogP contribution in [0, 0.1) is 6.92 Å². The summed E-state index contributed by atoms with van der Waals surface area (Å²) in [5.41, 5.74) is 14.3. The van der Waals surface area contributed by atoms with E-state index in [9.17, 15) is 4.79 Å². The van der Waals surface area contributed by atoms with E-state index in [2.05, 4.69) is 25.6 Å². The normalized spacial score (nSPS) is 18.4. The predicted octanol–water partition coefficient (Wildman–Crippen LogP) is 2.92. The Morgan fingerprint density at radius 1 is 1.14 bits per heavy atom. The number of amides is 1. The van der Waals surface area contributed by atoms with Crippen molar-refractivity contribution in [2.24, 2.45) is 16.5 Å². The quantitative estimate of drug-likeness (QED) is 0.267. The van der Waals surface area contributed by atoms with Crippen LogP contribution >= 0.6 is 0 Å². The Bertz CT molecular complexity index is 1210. The number of carbonyl (C=O) groups is 1. The predicted molar refractivity (Wildman–Crippen MR) is 143 cm³/mol. The van der Waals surface area contributed by atoms with Crippen LogP contribution in [0.1, 0.15) is 47.4 Å². The molecule has 1 amide bonds. The minimum Gasteiger partial charge on any atom is -0.383 e. The molecule has 4 rings (SSSR count). The van der Waals surface area contributed by atoms with E-state index in [4.69, 9.17) is 16.2 Å². The van der Waals surface area contributed by atoms with E-state index in [0.29, 0.717) is 24.4 Å². The number of anilines is 1. The number of hydrogen-bond acceptors (Lipinski definition) is 6. The van der Waals surface area contributed by atoms with Gasteiger partial charge in [0.2, 0.25) is 5.82 Å². The van der Waals surface area contributed by atoms with Gasteiger partial charge in [0.1, 0.15) is 5.82 Å². The van der Waals surface area contributed by atoms with Gasteiger partial charge in [-0.2, -0.15) is 0 Å². The molecule has 0 radical (unpaired) electrons. The molecular weight excluding hydrogens is 454 g/mol. The van der Waals surface area contributed by atoms with E-state index in [0.717, 1.165) is 42.2 Å². The molecule has 190 valence electrons. The fourth-order valence-electron chi connectivity index (χ4n) is 4.76. The highest BCUT2D eigenvalue weighted by molar-refractivity contribution is 5.96. The molecule has 0 spiro atoms. The van der Waals surface area contributed by atoms with Gasteiger partial charge < -0.3 is 26.8 Å². The topological polar surface area (TPSA) is 141 Å². The van der Waals surface area contributed by atoms with Crippen molar-refractivity contribution in [3.05, 3.63) is 65.5 Å². The van der Waals surface area contributed by atoms with Crippen LogP contribution in [0.15, 0.2) is 53.5 Å². The molecule has 36 heavy (non-hydrogen) atoms. The van der Waals surface area contributed by atoms with E-state index in [1.165, 1.54) is 0 Å². The highest BCUT2D eigenvalue weighted by Gasteiger charge is 2.27. The Labute approximate surface area is 211 Å². The number of hydrogen-bond donors (Lipinski definition) is 4. The first-order chi connectivity index (χ1) is 17.4. The Kier molecular flexibility index (Phi) is 8.32. The average Bonchev–Trinajstić information content (AvgIpc) is 2.86. The lowest BCUT2D eigenvalue weighted by molar-refractivity contribution is 0.0887. The van der Waals surface area contributed by atoms with Gasteiger partial charge in [0, 0.05) is 12.5 Å². The van der Waals surface area contributed by atoms with Crippen LogP contribution in [0.5, 0.6) is 0 Å². The van der Waals surface area contributed by atoms with Gasteiger partial charge in [0.25, 0.3) is 5.91 Å². The number of carbonyl (C=O) groups excluding carboxylic acids is 1. The SMILES string of the molecule is COC[C@H](Cc1ccccc1)NC(=O)c1nc(NC2CCCCC2N=C(N)N)c2cc(C)ccc2n1. The number of aryl methyl sites for hydroxylation is 1. The van der Waals surface area contributed by atoms with Gasteiger partial charge in [-0.3, -0.25) is 4.79 Å². The number of aliphatic imine (C=N–C) groups is 1. The van der Waals surface area contributed by atoms with Crippen molar-refractivity contribution in [1.82, 2.24) is 15.3 Å². The van der Waals surface area contributed by atoms with Crippen LogP contribution in [0.4, 0.5) is 5.82 Å². The van der Waals surface area contributed by atoms with Crippen molar-refractivity contribution in [3.63, 3.8) is 0 Å². The molecule has 2 aromatic carbocycles. The number of nitrogens with zero attached hydrogens (tertiary/aromatic N) is 3. The molecule has 3 atom stereocenters. The standard InChI is InChI=1S/C27H35N7O2/c1-17-12-13-21-20(14-17)24(32-22-10-6-7-11-23(22)33-27(28)29)34-25(31-21)26(35)30-19(16-36-2)15-18-8-4-3-5-9-18/h3-5,8-9,12-14,19,22-23H,6-7,10-11,15-16H2,1-2H3,(H,30,35)(H4,28,29,33)(H,31,32,34)/t19-,22?,23?/m0/s1. The van der Waals surface area contributed by atoms with E-state index < -0.39 is 0 Å². The molecule has 1 heterocycles. The maximum atomic E-state index is 13.3. The smallest absolute Gasteiger partial charge is 0.289 e. The molecule has 9 nitrogen and oxygen atoms in total. The number of guanidine groups is 1. The summed E-state index contributed by atoms with van der Waals surface area (Å²) in [4.78, 5) is 27.0. The number of ether oxygens (including phenoxy) is 1. The number of aromatic nitrogens is 2. The zero-order valence-electron chi connectivity index (χ0n) is 20.9. The molecule has 1 fully saturated rings. The molecule has 0 bridgehead atoms. The fourth-order valence-corrected chi connectivity index (χ4v) is 4.76. The van der Waals surface area contributed by atoms with E-state index in [-0.39, 0.29) is 35.8 Å². The molecule has 1 aliphatic rings. The molecule has 1 saturated carbocycles. The summed E-state index contributed by atoms with van der Waals surface area (Å²) in [7, 11) is 1.62. The minimum atomic E-state index is -0.345. The molecule has 1 aromatic heterocycles. The first-order valence-corrected chi connectivity index (χ1v) is 12.4. The lowest BCUT2D eigenvalue weighted by atomic mass is 9.90. The summed E-state index contributed by atoms with van der Waals surface area (Å²) in [5.74, 6) is 0.461. The van der Waals surface area contributed by atoms with E-state index in [1.54, 1.807) is 7.11 Å². The molecule has 1 aliphatic carbocycles. The van der Waals surface area contributed by atoms with Gasteiger partial charge in [-0.05, 0) is 43.9 Å². The van der Waals surface area contributed by atoms with Gasteiger partial charge in [-0.1, -0.05) is 54.8 Å². The summed E-state index contributed by atoms with van der Waals surface area (Å²) in [6.45, 7) is 2.40. The van der Waals surface area contributed by atoms with Gasteiger partial charge in [0.15, 0.2) is 5.96 Å². The van der Waals surface area contributed by atoms with Crippen molar-refractivity contribution in [1.29, 1.82) is 0 Å². The number of nitrogens with two attached hydrogens (primary N) is 2. The van der Waals surface area contributed by atoms with Crippen LogP contribution in [-0.2, 0) is 11.2 Å². The fraction of sp³-hybridized carbons (Fsp3) is 0.407. The third-order valence-electron chi connectivity index (χ3n) is 6.45. The van der Waals surface area contributed by atoms with E-state index >= 15 is 0 Å². The van der Waals surface area contributed by atoms with Crippen LogP contribution in [0.25, 0.3) is 10.9 Å². The van der Waals surface area contributed by atoms with Crippen LogP contribution in [-0.4, -0.2) is 53.7 Å². The lowest BCUT2D eigenvalue weighted by Crippen LogP contribution is -2.41. The van der Waals surface area contributed by atoms with Crippen molar-refractivity contribution in [2.75, 3.05) is 19.0 Å². The number of nitrogens with one attached hydrogen (secondary N) is 2. The molecule has 9 heteroatoms. The summed E-state index contributed by atoms with van der Waals surface area (Å²) >= 11 is 0. The summed E-state index contributed by atoms with van der Waals surface area (Å²) in [5, 5.41) is 7.46. The minimum absolute atomic E-state index is 0.00898. The second kappa shape index (κ2) is 11.8. The third kappa shape index (κ3) is 6.48. The van der Waals surface area contributed by atoms with Crippen molar-refractivity contribution in [3.8, 4) is 0 Å². The van der Waals surface area contributed by atoms with Crippen molar-refractivity contribution >= 4 is 28.6 Å². The largest absolute Gasteiger partial charge is 0.383 e. The van der Waals surface area contributed by atoms with Crippen LogP contribution < -0.4 is 22.1 Å². The van der Waals surface area contributed by atoms with Gasteiger partial charge in [-0.15, -0.1) is 0 Å². The summed E-state index contributed by atoms with van der Waals surface area (Å²) in [6, 6.07) is 15.7. The Hall–Kier alpha value is -3.72. The van der Waals surface area contributed by atoms with E-state index in [1.807, 2.05) is 55.5 Å². The highest BCUT2D eigenvalue weighted by atomic mass is 16.5. The first-order valence-electron chi connectivity index (χ1n) is 12.4. The zero-order chi connectivity index (χ0) is 25.5. The van der Waals surface area contributed by atoms with Crippen LogP contribution in [0.2, 0.25) is 0 Å². The van der Waals surface area contributed by atoms with Gasteiger partial charge >= 0.3 is 0 Å². The number of benzene rings is 2. The van der Waals surface area contributed by atoms with Crippen molar-refractivity contribution < 1.29 is 9.53 Å². The maximum absolute atomic E-state index is 13.3. The highest BCUT2D eigenvalue weighted by Crippen LogP contribution is 2.28.